The molecule has 3 nitrogen and oxygen atoms in total. The molecule has 0 radical (unpaired) electrons. The average Bonchev–Trinajstić information content (AvgIpc) is 2.81. The van der Waals surface area contributed by atoms with Gasteiger partial charge in [0.1, 0.15) is 5.54 Å². The van der Waals surface area contributed by atoms with Crippen molar-refractivity contribution in [1.82, 2.24) is 4.90 Å². The second-order valence-corrected chi connectivity index (χ2v) is 8.45. The van der Waals surface area contributed by atoms with Crippen molar-refractivity contribution in [3.8, 4) is 0 Å². The number of rotatable bonds is 3. The Kier molecular flexibility index (Phi) is 4.55. The molecule has 2 saturated carbocycles. The molecule has 22 heavy (non-hydrogen) atoms. The van der Waals surface area contributed by atoms with E-state index in [1.807, 2.05) is 13.8 Å². The van der Waals surface area contributed by atoms with Crippen LogP contribution in [0.2, 0.25) is 0 Å². The number of carbonyl (C=O) groups is 1. The lowest BCUT2D eigenvalue weighted by Crippen LogP contribution is -2.57. The summed E-state index contributed by atoms with van der Waals surface area (Å²) >= 11 is 0. The number of likely N-dealkylation sites (tertiary alicyclic amines) is 1. The summed E-state index contributed by atoms with van der Waals surface area (Å²) in [6.45, 7) is 8.09. The zero-order valence-corrected chi connectivity index (χ0v) is 14.8. The Bertz CT molecular complexity index is 396. The molecule has 2 aliphatic carbocycles. The van der Waals surface area contributed by atoms with Gasteiger partial charge in [-0.2, -0.15) is 0 Å². The first kappa shape index (κ1) is 16.3. The van der Waals surface area contributed by atoms with Crippen LogP contribution in [0.3, 0.4) is 0 Å². The fraction of sp³-hybridized carbons (Fsp3) is 0.947. The summed E-state index contributed by atoms with van der Waals surface area (Å²) in [4.78, 5) is 15.3. The first-order chi connectivity index (χ1) is 10.4. The highest BCUT2D eigenvalue weighted by Gasteiger charge is 2.56. The monoisotopic (exact) mass is 307 g/mol. The molecule has 3 heteroatoms. The highest BCUT2D eigenvalue weighted by Crippen LogP contribution is 2.51. The third-order valence-electron chi connectivity index (χ3n) is 6.32. The summed E-state index contributed by atoms with van der Waals surface area (Å²) in [5.74, 6) is 1.62. The summed E-state index contributed by atoms with van der Waals surface area (Å²) in [7, 11) is 0. The predicted molar refractivity (Wildman–Crippen MR) is 88.6 cm³/mol. The van der Waals surface area contributed by atoms with E-state index < -0.39 is 5.54 Å². The van der Waals surface area contributed by atoms with Gasteiger partial charge in [0.2, 0.25) is 0 Å². The molecule has 4 atom stereocenters. The summed E-state index contributed by atoms with van der Waals surface area (Å²) in [6, 6.07) is 1.22. The first-order valence-corrected chi connectivity index (χ1v) is 9.42. The first-order valence-electron chi connectivity index (χ1n) is 9.42. The van der Waals surface area contributed by atoms with Crippen molar-refractivity contribution in [2.75, 3.05) is 0 Å². The third kappa shape index (κ3) is 2.70. The van der Waals surface area contributed by atoms with Crippen LogP contribution < -0.4 is 0 Å². The van der Waals surface area contributed by atoms with Crippen LogP contribution in [0.4, 0.5) is 0 Å². The van der Waals surface area contributed by atoms with Crippen LogP contribution in [-0.2, 0) is 9.53 Å². The number of esters is 1. The Morgan fingerprint density at radius 2 is 1.41 bits per heavy atom. The zero-order chi connectivity index (χ0) is 15.9. The molecular formula is C19H33NO2. The van der Waals surface area contributed by atoms with Crippen LogP contribution in [0, 0.1) is 11.8 Å². The van der Waals surface area contributed by atoms with Gasteiger partial charge in [-0.3, -0.25) is 9.69 Å². The Morgan fingerprint density at radius 3 is 1.86 bits per heavy atom. The summed E-state index contributed by atoms with van der Waals surface area (Å²) in [6.07, 6.45) is 10.7. The summed E-state index contributed by atoms with van der Waals surface area (Å²) < 4.78 is 5.61. The normalized spacial score (nSPS) is 36.0. The minimum absolute atomic E-state index is 0.0290. The van der Waals surface area contributed by atoms with Gasteiger partial charge in [0.25, 0.3) is 0 Å². The highest BCUT2D eigenvalue weighted by molar-refractivity contribution is 5.80. The number of fused-ring (bicyclic) bond motifs is 3. The predicted octanol–water partition coefficient (Wildman–Crippen LogP) is 4.15. The molecule has 0 aromatic rings. The van der Waals surface area contributed by atoms with Crippen LogP contribution in [0.1, 0.15) is 79.1 Å². The van der Waals surface area contributed by atoms with Crippen molar-refractivity contribution >= 4 is 5.97 Å². The summed E-state index contributed by atoms with van der Waals surface area (Å²) in [5, 5.41) is 0. The van der Waals surface area contributed by atoms with E-state index in [0.29, 0.717) is 12.1 Å². The van der Waals surface area contributed by atoms with E-state index in [-0.39, 0.29) is 12.1 Å². The molecule has 0 aromatic carbocycles. The van der Waals surface area contributed by atoms with Crippen molar-refractivity contribution in [3.63, 3.8) is 0 Å². The lowest BCUT2D eigenvalue weighted by atomic mass is 9.73. The number of hydrogen-bond donors (Lipinski definition) is 0. The van der Waals surface area contributed by atoms with Gasteiger partial charge in [0.05, 0.1) is 6.10 Å². The fourth-order valence-corrected chi connectivity index (χ4v) is 5.51. The molecule has 1 aliphatic heterocycles. The summed E-state index contributed by atoms with van der Waals surface area (Å²) in [5.41, 5.74) is -0.485. The molecular weight excluding hydrogens is 274 g/mol. The zero-order valence-electron chi connectivity index (χ0n) is 14.8. The van der Waals surface area contributed by atoms with Gasteiger partial charge in [0, 0.05) is 12.1 Å². The highest BCUT2D eigenvalue weighted by atomic mass is 16.5. The van der Waals surface area contributed by atoms with Crippen LogP contribution >= 0.6 is 0 Å². The van der Waals surface area contributed by atoms with Crippen molar-refractivity contribution in [3.05, 3.63) is 0 Å². The van der Waals surface area contributed by atoms with Crippen molar-refractivity contribution in [1.29, 1.82) is 0 Å². The Hall–Kier alpha value is -0.570. The molecule has 1 heterocycles. The molecule has 3 aliphatic rings. The molecule has 4 unspecified atom stereocenters. The van der Waals surface area contributed by atoms with E-state index in [1.165, 1.54) is 51.4 Å². The molecule has 3 fully saturated rings. The number of hydrogen-bond acceptors (Lipinski definition) is 3. The second kappa shape index (κ2) is 6.14. The van der Waals surface area contributed by atoms with Gasteiger partial charge in [-0.1, -0.05) is 25.7 Å². The smallest absolute Gasteiger partial charge is 0.326 e. The van der Waals surface area contributed by atoms with Gasteiger partial charge < -0.3 is 4.74 Å². The SMILES string of the molecule is CC(C)OC(=O)C(C)(C)N1C2CCCCC2C2CCCCC21. The maximum atomic E-state index is 12.7. The number of ether oxygens (including phenoxy) is 1. The van der Waals surface area contributed by atoms with Gasteiger partial charge >= 0.3 is 5.97 Å². The number of nitrogens with zero attached hydrogens (tertiary/aromatic N) is 1. The molecule has 0 spiro atoms. The minimum atomic E-state index is -0.485. The lowest BCUT2D eigenvalue weighted by Gasteiger charge is -2.44. The van der Waals surface area contributed by atoms with E-state index in [2.05, 4.69) is 18.7 Å². The van der Waals surface area contributed by atoms with E-state index in [1.54, 1.807) is 0 Å². The van der Waals surface area contributed by atoms with Crippen molar-refractivity contribution in [2.45, 2.75) is 103 Å². The van der Waals surface area contributed by atoms with E-state index in [0.717, 1.165) is 11.8 Å². The van der Waals surface area contributed by atoms with Crippen LogP contribution in [0.15, 0.2) is 0 Å². The Balaban J connectivity index is 1.87. The standard InChI is InChI=1S/C19H33NO2/c1-13(2)22-18(21)19(3,4)20-16-11-7-5-9-14(16)15-10-6-8-12-17(15)20/h13-17H,5-12H2,1-4H3. The molecule has 1 saturated heterocycles. The Morgan fingerprint density at radius 1 is 0.955 bits per heavy atom. The van der Waals surface area contributed by atoms with Crippen LogP contribution in [-0.4, -0.2) is 34.6 Å². The molecule has 0 N–H and O–H groups in total. The quantitative estimate of drug-likeness (QED) is 0.734. The third-order valence-corrected chi connectivity index (χ3v) is 6.32. The van der Waals surface area contributed by atoms with E-state index >= 15 is 0 Å². The van der Waals surface area contributed by atoms with Gasteiger partial charge in [-0.15, -0.1) is 0 Å². The topological polar surface area (TPSA) is 29.5 Å². The average molecular weight is 307 g/mol. The molecule has 0 bridgehead atoms. The van der Waals surface area contributed by atoms with Gasteiger partial charge in [-0.05, 0) is 65.2 Å². The molecule has 0 aromatic heterocycles. The van der Waals surface area contributed by atoms with E-state index in [4.69, 9.17) is 4.74 Å². The van der Waals surface area contributed by atoms with Crippen LogP contribution in [0.25, 0.3) is 0 Å². The van der Waals surface area contributed by atoms with Crippen molar-refractivity contribution in [2.24, 2.45) is 11.8 Å². The van der Waals surface area contributed by atoms with Gasteiger partial charge in [-0.25, -0.2) is 0 Å². The maximum Gasteiger partial charge on any atom is 0.326 e. The number of carbonyl (C=O) groups excluding carboxylic acids is 1. The maximum absolute atomic E-state index is 12.7. The van der Waals surface area contributed by atoms with Crippen molar-refractivity contribution < 1.29 is 9.53 Å². The lowest BCUT2D eigenvalue weighted by molar-refractivity contribution is -0.163. The van der Waals surface area contributed by atoms with Crippen LogP contribution in [0.5, 0.6) is 0 Å². The molecule has 3 rings (SSSR count). The fourth-order valence-electron chi connectivity index (χ4n) is 5.51. The van der Waals surface area contributed by atoms with E-state index in [9.17, 15) is 4.79 Å². The minimum Gasteiger partial charge on any atom is -0.462 e. The second-order valence-electron chi connectivity index (χ2n) is 8.45. The largest absolute Gasteiger partial charge is 0.462 e. The molecule has 126 valence electrons. The molecule has 0 amide bonds. The Labute approximate surface area is 135 Å². The van der Waals surface area contributed by atoms with Gasteiger partial charge in [0.15, 0.2) is 0 Å².